The van der Waals surface area contributed by atoms with E-state index in [1.165, 1.54) is 11.3 Å². The monoisotopic (exact) mass is 295 g/mol. The molecule has 5 nitrogen and oxygen atoms in total. The van der Waals surface area contributed by atoms with E-state index in [1.807, 2.05) is 38.0 Å². The maximum Gasteiger partial charge on any atom is 0.110 e. The number of benzene rings is 1. The quantitative estimate of drug-likeness (QED) is 0.760. The number of hydrogen-bond donors (Lipinski definition) is 1. The maximum atomic E-state index is 4.31. The van der Waals surface area contributed by atoms with Gasteiger partial charge in [-0.2, -0.15) is 0 Å². The Morgan fingerprint density at radius 2 is 2.05 bits per heavy atom. The normalized spacial score (nSPS) is 12.5. The van der Waals surface area contributed by atoms with Crippen molar-refractivity contribution in [1.82, 2.24) is 24.4 Å². The minimum atomic E-state index is 0.367. The van der Waals surface area contributed by atoms with Crippen LogP contribution in [0.1, 0.15) is 18.3 Å². The van der Waals surface area contributed by atoms with E-state index in [-0.39, 0.29) is 0 Å². The second kappa shape index (κ2) is 6.58. The molecule has 0 fully saturated rings. The molecule has 3 aromatic rings. The third-order valence-corrected chi connectivity index (χ3v) is 3.76. The highest BCUT2D eigenvalue weighted by Gasteiger charge is 2.08. The van der Waals surface area contributed by atoms with Gasteiger partial charge >= 0.3 is 0 Å². The Hall–Kier alpha value is -2.40. The minimum absolute atomic E-state index is 0.367. The summed E-state index contributed by atoms with van der Waals surface area (Å²) in [4.78, 5) is 8.39. The Labute approximate surface area is 130 Å². The predicted octanol–water partition coefficient (Wildman–Crippen LogP) is 2.56. The summed E-state index contributed by atoms with van der Waals surface area (Å²) in [5.41, 5.74) is 2.45. The molecule has 1 aromatic carbocycles. The fourth-order valence-electron chi connectivity index (χ4n) is 2.59. The summed E-state index contributed by atoms with van der Waals surface area (Å²) in [6.07, 6.45) is 9.48. The molecule has 1 N–H and O–H groups in total. The van der Waals surface area contributed by atoms with Crippen molar-refractivity contribution < 1.29 is 0 Å². The molecular weight excluding hydrogens is 274 g/mol. The first kappa shape index (κ1) is 14.5. The molecule has 0 saturated heterocycles. The number of rotatable bonds is 6. The molecule has 0 saturated carbocycles. The zero-order valence-corrected chi connectivity index (χ0v) is 13.0. The van der Waals surface area contributed by atoms with Crippen LogP contribution < -0.4 is 5.32 Å². The van der Waals surface area contributed by atoms with Gasteiger partial charge in [0.2, 0.25) is 0 Å². The van der Waals surface area contributed by atoms with E-state index in [0.717, 1.165) is 18.9 Å². The lowest BCUT2D eigenvalue weighted by atomic mass is 10.1. The van der Waals surface area contributed by atoms with Crippen LogP contribution in [0, 0.1) is 6.92 Å². The second-order valence-electron chi connectivity index (χ2n) is 5.51. The van der Waals surface area contributed by atoms with Crippen molar-refractivity contribution in [3.63, 3.8) is 0 Å². The van der Waals surface area contributed by atoms with Gasteiger partial charge in [-0.1, -0.05) is 18.2 Å². The van der Waals surface area contributed by atoms with Crippen LogP contribution in [0.25, 0.3) is 5.69 Å². The lowest BCUT2D eigenvalue weighted by Crippen LogP contribution is -2.30. The van der Waals surface area contributed by atoms with Crippen LogP contribution in [0.4, 0.5) is 0 Å². The molecule has 0 aliphatic rings. The number of aromatic nitrogens is 4. The van der Waals surface area contributed by atoms with Gasteiger partial charge in [0.1, 0.15) is 5.82 Å². The van der Waals surface area contributed by atoms with E-state index in [1.54, 1.807) is 0 Å². The number of nitrogens with one attached hydrogen (secondary N) is 1. The van der Waals surface area contributed by atoms with E-state index in [4.69, 9.17) is 0 Å². The minimum Gasteiger partial charge on any atom is -0.336 e. The van der Waals surface area contributed by atoms with Crippen molar-refractivity contribution in [3.8, 4) is 5.69 Å². The molecule has 1 atom stereocenters. The molecule has 0 unspecified atom stereocenters. The van der Waals surface area contributed by atoms with E-state index in [2.05, 4.69) is 55.6 Å². The van der Waals surface area contributed by atoms with Gasteiger partial charge in [0.25, 0.3) is 0 Å². The zero-order valence-electron chi connectivity index (χ0n) is 13.0. The Bertz CT molecular complexity index is 714. The van der Waals surface area contributed by atoms with E-state index < -0.39 is 0 Å². The highest BCUT2D eigenvalue weighted by atomic mass is 15.1. The molecule has 0 spiro atoms. The number of hydrogen-bond acceptors (Lipinski definition) is 3. The van der Waals surface area contributed by atoms with Gasteiger partial charge in [-0.15, -0.1) is 0 Å². The van der Waals surface area contributed by atoms with Gasteiger partial charge in [0.05, 0.1) is 12.0 Å². The molecule has 114 valence electrons. The number of aryl methyl sites for hydroxylation is 1. The molecular formula is C17H21N5. The number of para-hydroxylation sites is 1. The molecule has 0 bridgehead atoms. The molecule has 0 aliphatic heterocycles. The first-order valence-corrected chi connectivity index (χ1v) is 7.51. The van der Waals surface area contributed by atoms with Gasteiger partial charge in [0.15, 0.2) is 0 Å². The Balaban J connectivity index is 1.69. The van der Waals surface area contributed by atoms with Gasteiger partial charge in [-0.05, 0) is 25.5 Å². The van der Waals surface area contributed by atoms with E-state index >= 15 is 0 Å². The fourth-order valence-corrected chi connectivity index (χ4v) is 2.59. The van der Waals surface area contributed by atoms with Crippen molar-refractivity contribution in [2.75, 3.05) is 0 Å². The Kier molecular flexibility index (Phi) is 4.34. The molecule has 3 rings (SSSR count). The fraction of sp³-hybridized carbons (Fsp3) is 0.294. The van der Waals surface area contributed by atoms with Crippen LogP contribution >= 0.6 is 0 Å². The van der Waals surface area contributed by atoms with Crippen molar-refractivity contribution in [3.05, 3.63) is 66.8 Å². The van der Waals surface area contributed by atoms with E-state index in [0.29, 0.717) is 6.04 Å². The molecule has 0 radical (unpaired) electrons. The van der Waals surface area contributed by atoms with Crippen LogP contribution in [-0.4, -0.2) is 25.1 Å². The number of imidazole rings is 2. The first-order valence-electron chi connectivity index (χ1n) is 7.51. The standard InChI is InChI=1S/C17H21N5/c1-14(12-21-9-7-18-13-21)20-11-16-5-3-4-6-17(16)22-10-8-19-15(22)2/h3-10,13-14,20H,11-12H2,1-2H3/t14-/m0/s1. The van der Waals surface area contributed by atoms with E-state index in [9.17, 15) is 0 Å². The summed E-state index contributed by atoms with van der Waals surface area (Å²) < 4.78 is 4.21. The number of nitrogens with zero attached hydrogens (tertiary/aromatic N) is 4. The topological polar surface area (TPSA) is 47.7 Å². The van der Waals surface area contributed by atoms with Crippen LogP contribution in [0.5, 0.6) is 0 Å². The third-order valence-electron chi connectivity index (χ3n) is 3.76. The predicted molar refractivity (Wildman–Crippen MR) is 86.8 cm³/mol. The molecule has 5 heteroatoms. The largest absolute Gasteiger partial charge is 0.336 e. The second-order valence-corrected chi connectivity index (χ2v) is 5.51. The molecule has 0 amide bonds. The van der Waals surface area contributed by atoms with Crippen LogP contribution in [0.15, 0.2) is 55.4 Å². The summed E-state index contributed by atoms with van der Waals surface area (Å²) in [7, 11) is 0. The Morgan fingerprint density at radius 1 is 1.18 bits per heavy atom. The molecule has 2 heterocycles. The first-order chi connectivity index (χ1) is 10.7. The zero-order chi connectivity index (χ0) is 15.4. The summed E-state index contributed by atoms with van der Waals surface area (Å²) in [6, 6.07) is 8.80. The summed E-state index contributed by atoms with van der Waals surface area (Å²) in [5, 5.41) is 3.58. The highest BCUT2D eigenvalue weighted by Crippen LogP contribution is 2.16. The lowest BCUT2D eigenvalue weighted by molar-refractivity contribution is 0.475. The van der Waals surface area contributed by atoms with Crippen molar-refractivity contribution in [1.29, 1.82) is 0 Å². The molecule has 2 aromatic heterocycles. The summed E-state index contributed by atoms with van der Waals surface area (Å²) in [5.74, 6) is 0.999. The average Bonchev–Trinajstić information content (AvgIpc) is 3.17. The van der Waals surface area contributed by atoms with Gasteiger partial charge in [-0.25, -0.2) is 9.97 Å². The Morgan fingerprint density at radius 3 is 2.77 bits per heavy atom. The lowest BCUT2D eigenvalue weighted by Gasteiger charge is -2.17. The SMILES string of the molecule is Cc1nccn1-c1ccccc1CN[C@@H](C)Cn1ccnc1. The van der Waals surface area contributed by atoms with Crippen molar-refractivity contribution >= 4 is 0 Å². The summed E-state index contributed by atoms with van der Waals surface area (Å²) in [6.45, 7) is 5.94. The molecule has 0 aliphatic carbocycles. The van der Waals surface area contributed by atoms with Gasteiger partial charge in [-0.3, -0.25) is 0 Å². The molecule has 22 heavy (non-hydrogen) atoms. The third kappa shape index (κ3) is 3.26. The summed E-state index contributed by atoms with van der Waals surface area (Å²) >= 11 is 0. The van der Waals surface area contributed by atoms with Crippen LogP contribution in [0.3, 0.4) is 0 Å². The van der Waals surface area contributed by atoms with Crippen LogP contribution in [0.2, 0.25) is 0 Å². The van der Waals surface area contributed by atoms with Crippen LogP contribution in [-0.2, 0) is 13.1 Å². The van der Waals surface area contributed by atoms with Crippen molar-refractivity contribution in [2.24, 2.45) is 0 Å². The smallest absolute Gasteiger partial charge is 0.110 e. The van der Waals surface area contributed by atoms with Crippen molar-refractivity contribution in [2.45, 2.75) is 33.0 Å². The van der Waals surface area contributed by atoms with Gasteiger partial charge < -0.3 is 14.5 Å². The van der Waals surface area contributed by atoms with Gasteiger partial charge in [0, 0.05) is 43.9 Å². The highest BCUT2D eigenvalue weighted by molar-refractivity contribution is 5.41. The average molecular weight is 295 g/mol. The maximum absolute atomic E-state index is 4.31.